The number of imidazole rings is 1. The molecule has 0 aliphatic heterocycles. The molecule has 2 rings (SSSR count). The SMILES string of the molecule is CCCCc1nc(Cl)c(CO)n1Cc1ccc(C(=O)NCC(=O)OCC)cc1. The molecule has 0 atom stereocenters. The average Bonchev–Trinajstić information content (AvgIpc) is 2.99. The van der Waals surface area contributed by atoms with Crippen LogP contribution < -0.4 is 5.32 Å². The number of aromatic nitrogens is 2. The summed E-state index contributed by atoms with van der Waals surface area (Å²) >= 11 is 6.16. The van der Waals surface area contributed by atoms with Gasteiger partial charge >= 0.3 is 5.97 Å². The van der Waals surface area contributed by atoms with Crippen LogP contribution in [-0.2, 0) is 29.1 Å². The minimum atomic E-state index is -0.472. The molecule has 0 bridgehead atoms. The minimum Gasteiger partial charge on any atom is -0.465 e. The number of halogens is 1. The van der Waals surface area contributed by atoms with Crippen molar-refractivity contribution in [3.05, 3.63) is 52.1 Å². The first-order chi connectivity index (χ1) is 13.5. The number of nitrogens with one attached hydrogen (secondary N) is 1. The van der Waals surface area contributed by atoms with Gasteiger partial charge < -0.3 is 19.7 Å². The Balaban J connectivity index is 2.08. The topological polar surface area (TPSA) is 93.5 Å². The molecule has 8 heteroatoms. The molecule has 7 nitrogen and oxygen atoms in total. The zero-order valence-corrected chi connectivity index (χ0v) is 17.0. The van der Waals surface area contributed by atoms with Crippen molar-refractivity contribution >= 4 is 23.5 Å². The van der Waals surface area contributed by atoms with Crippen LogP contribution in [0.25, 0.3) is 0 Å². The molecule has 0 aliphatic rings. The highest BCUT2D eigenvalue weighted by Gasteiger charge is 2.15. The van der Waals surface area contributed by atoms with Gasteiger partial charge in [0.05, 0.1) is 18.9 Å². The molecule has 2 aromatic rings. The molecule has 28 heavy (non-hydrogen) atoms. The number of rotatable bonds is 10. The van der Waals surface area contributed by atoms with Crippen LogP contribution in [0.2, 0.25) is 5.15 Å². The first-order valence-electron chi connectivity index (χ1n) is 9.37. The second-order valence-electron chi connectivity index (χ2n) is 6.30. The lowest BCUT2D eigenvalue weighted by molar-refractivity contribution is -0.141. The van der Waals surface area contributed by atoms with Crippen LogP contribution in [0.1, 0.15) is 54.1 Å². The van der Waals surface area contributed by atoms with E-state index in [2.05, 4.69) is 17.2 Å². The van der Waals surface area contributed by atoms with Gasteiger partial charge in [0.25, 0.3) is 5.91 Å². The molecule has 0 spiro atoms. The second-order valence-corrected chi connectivity index (χ2v) is 6.66. The highest BCUT2D eigenvalue weighted by molar-refractivity contribution is 6.30. The molecule has 0 unspecified atom stereocenters. The number of aliphatic hydroxyl groups is 1. The number of carbonyl (C=O) groups is 2. The van der Waals surface area contributed by atoms with Gasteiger partial charge in [0.2, 0.25) is 0 Å². The van der Waals surface area contributed by atoms with Crippen molar-refractivity contribution in [2.45, 2.75) is 46.3 Å². The van der Waals surface area contributed by atoms with E-state index in [1.165, 1.54) is 0 Å². The molecule has 0 fully saturated rings. The smallest absolute Gasteiger partial charge is 0.325 e. The van der Waals surface area contributed by atoms with E-state index in [1.54, 1.807) is 19.1 Å². The lowest BCUT2D eigenvalue weighted by Crippen LogP contribution is -2.30. The number of nitrogens with zero attached hydrogens (tertiary/aromatic N) is 2. The molecule has 1 amide bonds. The third-order valence-electron chi connectivity index (χ3n) is 4.26. The molecule has 2 N–H and O–H groups in total. The van der Waals surface area contributed by atoms with E-state index in [-0.39, 0.29) is 25.7 Å². The summed E-state index contributed by atoms with van der Waals surface area (Å²) in [5, 5.41) is 12.5. The fourth-order valence-corrected chi connectivity index (χ4v) is 3.04. The number of carbonyl (C=O) groups excluding carboxylic acids is 2. The number of hydrogen-bond acceptors (Lipinski definition) is 5. The third kappa shape index (κ3) is 5.81. The van der Waals surface area contributed by atoms with Crippen LogP contribution in [-0.4, -0.2) is 39.7 Å². The summed E-state index contributed by atoms with van der Waals surface area (Å²) in [6, 6.07) is 7.05. The lowest BCUT2D eigenvalue weighted by Gasteiger charge is -2.12. The number of aryl methyl sites for hydroxylation is 1. The predicted molar refractivity (Wildman–Crippen MR) is 106 cm³/mol. The normalized spacial score (nSPS) is 10.7. The van der Waals surface area contributed by atoms with E-state index in [4.69, 9.17) is 16.3 Å². The van der Waals surface area contributed by atoms with Gasteiger partial charge in [0, 0.05) is 18.5 Å². The largest absolute Gasteiger partial charge is 0.465 e. The highest BCUT2D eigenvalue weighted by Crippen LogP contribution is 2.21. The van der Waals surface area contributed by atoms with Gasteiger partial charge in [0.1, 0.15) is 12.4 Å². The van der Waals surface area contributed by atoms with Gasteiger partial charge in [-0.2, -0.15) is 0 Å². The molecule has 1 heterocycles. The summed E-state index contributed by atoms with van der Waals surface area (Å²) in [6.45, 7) is 4.24. The van der Waals surface area contributed by atoms with Crippen molar-refractivity contribution in [3.8, 4) is 0 Å². The first kappa shape index (κ1) is 21.9. The summed E-state index contributed by atoms with van der Waals surface area (Å²) in [4.78, 5) is 27.8. The maximum absolute atomic E-state index is 12.1. The van der Waals surface area contributed by atoms with Crippen LogP contribution >= 0.6 is 11.6 Å². The zero-order valence-electron chi connectivity index (χ0n) is 16.2. The molecule has 0 saturated carbocycles. The number of aliphatic hydroxyl groups excluding tert-OH is 1. The van der Waals surface area contributed by atoms with E-state index in [1.807, 2.05) is 16.7 Å². The van der Waals surface area contributed by atoms with E-state index in [0.717, 1.165) is 30.7 Å². The minimum absolute atomic E-state index is 0.164. The number of amides is 1. The highest BCUT2D eigenvalue weighted by atomic mass is 35.5. The van der Waals surface area contributed by atoms with Crippen LogP contribution in [0.3, 0.4) is 0 Å². The van der Waals surface area contributed by atoms with Crippen molar-refractivity contribution in [3.63, 3.8) is 0 Å². The monoisotopic (exact) mass is 407 g/mol. The number of benzene rings is 1. The summed E-state index contributed by atoms with van der Waals surface area (Å²) < 4.78 is 6.71. The Kier molecular flexibility index (Phi) is 8.47. The molecular weight excluding hydrogens is 382 g/mol. The summed E-state index contributed by atoms with van der Waals surface area (Å²) in [7, 11) is 0. The molecule has 0 aliphatic carbocycles. The Morgan fingerprint density at radius 3 is 2.57 bits per heavy atom. The fraction of sp³-hybridized carbons (Fsp3) is 0.450. The van der Waals surface area contributed by atoms with Crippen molar-refractivity contribution in [2.24, 2.45) is 0 Å². The molecular formula is C20H26ClN3O4. The van der Waals surface area contributed by atoms with Crippen molar-refractivity contribution in [2.75, 3.05) is 13.2 Å². The molecule has 0 radical (unpaired) electrons. The Morgan fingerprint density at radius 2 is 1.96 bits per heavy atom. The first-order valence-corrected chi connectivity index (χ1v) is 9.75. The van der Waals surface area contributed by atoms with E-state index >= 15 is 0 Å². The number of esters is 1. The standard InChI is InChI=1S/C20H26ClN3O4/c1-3-5-6-17-23-19(21)16(13-25)24(17)12-14-7-9-15(10-8-14)20(27)22-11-18(26)28-4-2/h7-10,25H,3-6,11-13H2,1-2H3,(H,22,27). The number of hydrogen-bond donors (Lipinski definition) is 2. The van der Waals surface area contributed by atoms with Crippen LogP contribution in [0, 0.1) is 0 Å². The lowest BCUT2D eigenvalue weighted by atomic mass is 10.1. The quantitative estimate of drug-likeness (QED) is 0.590. The van der Waals surface area contributed by atoms with Gasteiger partial charge in [0.15, 0.2) is 5.15 Å². The van der Waals surface area contributed by atoms with Gasteiger partial charge in [-0.25, -0.2) is 4.98 Å². The summed E-state index contributed by atoms with van der Waals surface area (Å²) in [5.41, 5.74) is 1.98. The molecule has 1 aromatic heterocycles. The van der Waals surface area contributed by atoms with Crippen molar-refractivity contribution < 1.29 is 19.4 Å². The van der Waals surface area contributed by atoms with Crippen LogP contribution in [0.15, 0.2) is 24.3 Å². The van der Waals surface area contributed by atoms with Gasteiger partial charge in [-0.15, -0.1) is 0 Å². The van der Waals surface area contributed by atoms with E-state index in [0.29, 0.717) is 23.0 Å². The molecule has 0 saturated heterocycles. The molecule has 152 valence electrons. The number of unbranched alkanes of at least 4 members (excludes halogenated alkanes) is 1. The second kappa shape index (κ2) is 10.8. The summed E-state index contributed by atoms with van der Waals surface area (Å²) in [5.74, 6) is 0.0257. The third-order valence-corrected chi connectivity index (χ3v) is 4.56. The van der Waals surface area contributed by atoms with Crippen molar-refractivity contribution in [1.29, 1.82) is 0 Å². The Labute approximate surface area is 169 Å². The predicted octanol–water partition coefficient (Wildman–Crippen LogP) is 2.71. The van der Waals surface area contributed by atoms with Gasteiger partial charge in [-0.3, -0.25) is 9.59 Å². The van der Waals surface area contributed by atoms with E-state index in [9.17, 15) is 14.7 Å². The van der Waals surface area contributed by atoms with Gasteiger partial charge in [-0.05, 0) is 31.0 Å². The maximum atomic E-state index is 12.1. The van der Waals surface area contributed by atoms with Gasteiger partial charge in [-0.1, -0.05) is 37.1 Å². The fourth-order valence-electron chi connectivity index (χ4n) is 2.78. The molecule has 1 aromatic carbocycles. The van der Waals surface area contributed by atoms with Crippen LogP contribution in [0.4, 0.5) is 0 Å². The zero-order chi connectivity index (χ0) is 20.5. The van der Waals surface area contributed by atoms with Crippen LogP contribution in [0.5, 0.6) is 0 Å². The number of ether oxygens (including phenoxy) is 1. The Bertz CT molecular complexity index is 803. The maximum Gasteiger partial charge on any atom is 0.325 e. The average molecular weight is 408 g/mol. The Morgan fingerprint density at radius 1 is 1.25 bits per heavy atom. The van der Waals surface area contributed by atoms with E-state index < -0.39 is 5.97 Å². The Hall–Kier alpha value is -2.38. The van der Waals surface area contributed by atoms with Crippen molar-refractivity contribution in [1.82, 2.24) is 14.9 Å². The summed E-state index contributed by atoms with van der Waals surface area (Å²) in [6.07, 6.45) is 2.80.